The molecular formula is C33H35N7O3. The van der Waals surface area contributed by atoms with Gasteiger partial charge in [-0.05, 0) is 31.2 Å². The van der Waals surface area contributed by atoms with Crippen molar-refractivity contribution in [2.24, 2.45) is 0 Å². The second kappa shape index (κ2) is 11.9. The van der Waals surface area contributed by atoms with E-state index in [-0.39, 0.29) is 17.7 Å². The Bertz CT molecular complexity index is 1790. The number of hydrogen-bond donors (Lipinski definition) is 2. The van der Waals surface area contributed by atoms with Crippen LogP contribution in [0.15, 0.2) is 79.0 Å². The number of carbonyl (C=O) groups is 2. The monoisotopic (exact) mass is 577 g/mol. The quantitative estimate of drug-likeness (QED) is 0.229. The Balaban J connectivity index is 1.39. The molecule has 0 aliphatic carbocycles. The van der Waals surface area contributed by atoms with Crippen molar-refractivity contribution in [2.45, 2.75) is 39.5 Å². The number of aromatic nitrogens is 4. The predicted molar refractivity (Wildman–Crippen MR) is 168 cm³/mol. The van der Waals surface area contributed by atoms with Crippen molar-refractivity contribution in [2.75, 3.05) is 24.7 Å². The summed E-state index contributed by atoms with van der Waals surface area (Å²) < 4.78 is 7.87. The average molecular weight is 578 g/mol. The normalized spacial score (nSPS) is 11.3. The van der Waals surface area contributed by atoms with Gasteiger partial charge in [0, 0.05) is 48.6 Å². The number of urea groups is 1. The van der Waals surface area contributed by atoms with Gasteiger partial charge in [-0.3, -0.25) is 10.1 Å². The first-order valence-electron chi connectivity index (χ1n) is 14.0. The Hall–Kier alpha value is -5.25. The predicted octanol–water partition coefficient (Wildman–Crippen LogP) is 6.49. The van der Waals surface area contributed by atoms with Gasteiger partial charge in [0.25, 0.3) is 0 Å². The van der Waals surface area contributed by atoms with E-state index in [2.05, 4.69) is 41.4 Å². The lowest BCUT2D eigenvalue weighted by molar-refractivity contribution is -0.128. The average Bonchev–Trinajstić information content (AvgIpc) is 3.39. The highest BCUT2D eigenvalue weighted by atomic mass is 16.5. The Morgan fingerprint density at radius 3 is 2.35 bits per heavy atom. The van der Waals surface area contributed by atoms with Crippen molar-refractivity contribution in [3.63, 3.8) is 0 Å². The van der Waals surface area contributed by atoms with Gasteiger partial charge in [0.1, 0.15) is 17.4 Å². The van der Waals surface area contributed by atoms with Crippen LogP contribution in [0.3, 0.4) is 0 Å². The Morgan fingerprint density at radius 2 is 1.65 bits per heavy atom. The van der Waals surface area contributed by atoms with Gasteiger partial charge in [0.2, 0.25) is 11.8 Å². The van der Waals surface area contributed by atoms with Crippen LogP contribution in [0.4, 0.5) is 16.3 Å². The first kappa shape index (κ1) is 29.2. The van der Waals surface area contributed by atoms with Crippen LogP contribution < -0.4 is 15.4 Å². The summed E-state index contributed by atoms with van der Waals surface area (Å²) in [6.07, 6.45) is 1.64. The van der Waals surface area contributed by atoms with E-state index in [1.807, 2.05) is 61.5 Å². The van der Waals surface area contributed by atoms with Gasteiger partial charge < -0.3 is 15.0 Å². The standard InChI is InChI=1S/C33H35N7O3/c1-21-11-13-22(14-12-21)40-29(19-27(38-40)33(2,3)4)37-32(42)35-25-15-16-26(24-10-8-7-9-23(24)25)43-30-17-18-34-28(36-30)20-31(41)39(5)6/h7-19H,20H2,1-6H3,(H2,35,37,42). The van der Waals surface area contributed by atoms with E-state index in [4.69, 9.17) is 9.84 Å². The van der Waals surface area contributed by atoms with Crippen LogP contribution in [0, 0.1) is 6.92 Å². The molecule has 43 heavy (non-hydrogen) atoms. The summed E-state index contributed by atoms with van der Waals surface area (Å²) in [7, 11) is 3.37. The number of likely N-dealkylation sites (N-methyl/N-ethyl adjacent to an activating group) is 1. The Labute approximate surface area is 250 Å². The van der Waals surface area contributed by atoms with Crippen molar-refractivity contribution < 1.29 is 14.3 Å². The van der Waals surface area contributed by atoms with Crippen LogP contribution in [0.5, 0.6) is 11.6 Å². The van der Waals surface area contributed by atoms with E-state index < -0.39 is 6.03 Å². The third-order valence-electron chi connectivity index (χ3n) is 6.83. The summed E-state index contributed by atoms with van der Waals surface area (Å²) in [6, 6.07) is 22.3. The highest BCUT2D eigenvalue weighted by Gasteiger charge is 2.22. The molecule has 3 aromatic carbocycles. The lowest BCUT2D eigenvalue weighted by Crippen LogP contribution is -2.24. The summed E-state index contributed by atoms with van der Waals surface area (Å²) in [6.45, 7) is 8.28. The summed E-state index contributed by atoms with van der Waals surface area (Å²) >= 11 is 0. The van der Waals surface area contributed by atoms with Gasteiger partial charge in [0.05, 0.1) is 23.5 Å². The van der Waals surface area contributed by atoms with E-state index in [1.165, 1.54) is 4.90 Å². The van der Waals surface area contributed by atoms with Crippen LogP contribution in [0.1, 0.15) is 37.9 Å². The number of nitrogens with one attached hydrogen (secondary N) is 2. The Morgan fingerprint density at radius 1 is 0.930 bits per heavy atom. The van der Waals surface area contributed by atoms with Crippen LogP contribution in [-0.2, 0) is 16.6 Å². The van der Waals surface area contributed by atoms with Gasteiger partial charge in [-0.25, -0.2) is 14.5 Å². The van der Waals surface area contributed by atoms with Crippen molar-refractivity contribution >= 4 is 34.2 Å². The summed E-state index contributed by atoms with van der Waals surface area (Å²) in [5.74, 6) is 1.70. The van der Waals surface area contributed by atoms with Gasteiger partial charge >= 0.3 is 6.03 Å². The highest BCUT2D eigenvalue weighted by molar-refractivity contribution is 6.07. The van der Waals surface area contributed by atoms with Crippen molar-refractivity contribution in [3.8, 4) is 17.3 Å². The van der Waals surface area contributed by atoms with Crippen LogP contribution in [0.2, 0.25) is 0 Å². The van der Waals surface area contributed by atoms with E-state index in [9.17, 15) is 9.59 Å². The number of ether oxygens (including phenoxy) is 1. The van der Waals surface area contributed by atoms with Gasteiger partial charge in [-0.2, -0.15) is 10.1 Å². The third-order valence-corrected chi connectivity index (χ3v) is 6.83. The minimum atomic E-state index is -0.404. The molecule has 0 bridgehead atoms. The van der Waals surface area contributed by atoms with E-state index >= 15 is 0 Å². The number of hydrogen-bond acceptors (Lipinski definition) is 6. The van der Waals surface area contributed by atoms with Crippen molar-refractivity contribution in [1.29, 1.82) is 0 Å². The summed E-state index contributed by atoms with van der Waals surface area (Å²) in [4.78, 5) is 35.5. The fourth-order valence-corrected chi connectivity index (χ4v) is 4.39. The third kappa shape index (κ3) is 6.81. The number of nitrogens with zero attached hydrogens (tertiary/aromatic N) is 5. The zero-order valence-corrected chi connectivity index (χ0v) is 25.2. The Kier molecular flexibility index (Phi) is 8.11. The van der Waals surface area contributed by atoms with Crippen molar-refractivity contribution in [3.05, 3.63) is 96.1 Å². The number of fused-ring (bicyclic) bond motifs is 1. The van der Waals surface area contributed by atoms with Gasteiger partial charge in [-0.1, -0.05) is 62.7 Å². The molecule has 220 valence electrons. The second-order valence-corrected chi connectivity index (χ2v) is 11.5. The molecule has 0 atom stereocenters. The summed E-state index contributed by atoms with van der Waals surface area (Å²) in [5, 5.41) is 12.3. The molecule has 0 radical (unpaired) electrons. The zero-order chi connectivity index (χ0) is 30.7. The zero-order valence-electron chi connectivity index (χ0n) is 25.2. The molecule has 0 unspecified atom stereocenters. The molecule has 10 nitrogen and oxygen atoms in total. The maximum Gasteiger partial charge on any atom is 0.324 e. The molecule has 10 heteroatoms. The number of benzene rings is 3. The van der Waals surface area contributed by atoms with Crippen LogP contribution in [-0.4, -0.2) is 50.7 Å². The molecule has 5 rings (SSSR count). The van der Waals surface area contributed by atoms with Gasteiger partial charge in [0.15, 0.2) is 0 Å². The minimum absolute atomic E-state index is 0.0724. The largest absolute Gasteiger partial charge is 0.438 e. The molecule has 2 N–H and O–H groups in total. The fraction of sp³-hybridized carbons (Fsp3) is 0.242. The second-order valence-electron chi connectivity index (χ2n) is 11.5. The van der Waals surface area contributed by atoms with E-state index in [0.717, 1.165) is 27.7 Å². The molecule has 0 saturated carbocycles. The highest BCUT2D eigenvalue weighted by Crippen LogP contribution is 2.34. The van der Waals surface area contributed by atoms with Crippen LogP contribution >= 0.6 is 0 Å². The summed E-state index contributed by atoms with van der Waals surface area (Å²) in [5.41, 5.74) is 3.24. The molecule has 0 spiro atoms. The molecule has 0 aliphatic heterocycles. The number of amides is 3. The molecule has 0 aliphatic rings. The molecular weight excluding hydrogens is 542 g/mol. The minimum Gasteiger partial charge on any atom is -0.438 e. The lowest BCUT2D eigenvalue weighted by atomic mass is 9.92. The molecule has 3 amide bonds. The number of aryl methyl sites for hydroxylation is 1. The van der Waals surface area contributed by atoms with E-state index in [0.29, 0.717) is 29.0 Å². The fourth-order valence-electron chi connectivity index (χ4n) is 4.39. The van der Waals surface area contributed by atoms with Crippen LogP contribution in [0.25, 0.3) is 16.5 Å². The maximum atomic E-state index is 13.3. The molecule has 5 aromatic rings. The topological polar surface area (TPSA) is 114 Å². The first-order chi connectivity index (χ1) is 20.5. The smallest absolute Gasteiger partial charge is 0.324 e. The SMILES string of the molecule is Cc1ccc(-n2nc(C(C)(C)C)cc2NC(=O)Nc2ccc(Oc3ccnc(CC(=O)N(C)C)n3)c3ccccc23)cc1. The molecule has 2 aromatic heterocycles. The first-order valence-corrected chi connectivity index (χ1v) is 14.0. The van der Waals surface area contributed by atoms with Crippen molar-refractivity contribution in [1.82, 2.24) is 24.6 Å². The molecule has 2 heterocycles. The number of carbonyl (C=O) groups excluding carboxylic acids is 2. The molecule has 0 saturated heterocycles. The van der Waals surface area contributed by atoms with E-state index in [1.54, 1.807) is 43.2 Å². The van der Waals surface area contributed by atoms with Gasteiger partial charge in [-0.15, -0.1) is 0 Å². The maximum absolute atomic E-state index is 13.3. The number of rotatable bonds is 7. The lowest BCUT2D eigenvalue weighted by Gasteiger charge is -2.14. The molecule has 0 fully saturated rings. The number of anilines is 2.